The number of thiophene rings is 2. The fraction of sp³-hybridized carbons (Fsp3) is 0.429. The molecule has 90 valence electrons. The lowest BCUT2D eigenvalue weighted by molar-refractivity contribution is 0.306. The summed E-state index contributed by atoms with van der Waals surface area (Å²) >= 11 is 3.74. The first kappa shape index (κ1) is 11.5. The van der Waals surface area contributed by atoms with Crippen molar-refractivity contribution in [3.8, 4) is 0 Å². The molecule has 1 aliphatic carbocycles. The first-order valence-electron chi connectivity index (χ1n) is 6.23. The van der Waals surface area contributed by atoms with Gasteiger partial charge in [0.15, 0.2) is 0 Å². The van der Waals surface area contributed by atoms with Gasteiger partial charge in [-0.2, -0.15) is 0 Å². The second kappa shape index (κ2) is 5.34. The predicted molar refractivity (Wildman–Crippen MR) is 75.9 cm³/mol. The molecule has 17 heavy (non-hydrogen) atoms. The van der Waals surface area contributed by atoms with Crippen LogP contribution in [0.5, 0.6) is 0 Å². The monoisotopic (exact) mass is 263 g/mol. The molecule has 1 N–H and O–H groups in total. The fourth-order valence-corrected chi connectivity index (χ4v) is 3.76. The van der Waals surface area contributed by atoms with Crippen molar-refractivity contribution >= 4 is 22.7 Å². The van der Waals surface area contributed by atoms with E-state index in [0.717, 1.165) is 12.5 Å². The third kappa shape index (κ3) is 2.79. The van der Waals surface area contributed by atoms with Crippen LogP contribution >= 0.6 is 22.7 Å². The van der Waals surface area contributed by atoms with Crippen molar-refractivity contribution in [1.29, 1.82) is 0 Å². The zero-order valence-electron chi connectivity index (χ0n) is 9.76. The summed E-state index contributed by atoms with van der Waals surface area (Å²) in [6.07, 6.45) is 5.24. The van der Waals surface area contributed by atoms with E-state index in [1.165, 1.54) is 29.0 Å². The Morgan fingerprint density at radius 3 is 2.59 bits per heavy atom. The third-order valence-corrected chi connectivity index (χ3v) is 5.30. The van der Waals surface area contributed by atoms with Crippen molar-refractivity contribution in [1.82, 2.24) is 5.32 Å². The largest absolute Gasteiger partial charge is 0.306 e. The van der Waals surface area contributed by atoms with E-state index in [1.807, 2.05) is 22.7 Å². The summed E-state index contributed by atoms with van der Waals surface area (Å²) in [6, 6.07) is 10.1. The van der Waals surface area contributed by atoms with E-state index in [-0.39, 0.29) is 0 Å². The Morgan fingerprint density at radius 1 is 1.18 bits per heavy atom. The van der Waals surface area contributed by atoms with Gasteiger partial charge in [0.25, 0.3) is 0 Å². The summed E-state index contributed by atoms with van der Waals surface area (Å²) in [5.74, 6) is 0. The fourth-order valence-electron chi connectivity index (χ4n) is 2.22. The molecule has 3 rings (SSSR count). The summed E-state index contributed by atoms with van der Waals surface area (Å²) < 4.78 is 0. The Kier molecular flexibility index (Phi) is 3.60. The highest BCUT2D eigenvalue weighted by Gasteiger charge is 2.22. The highest BCUT2D eigenvalue weighted by molar-refractivity contribution is 7.10. The standard InChI is InChI=1S/C14H17NS2/c1-4-11(5-1)15-13(14-7-3-9-17-14)10-12-6-2-8-16-12/h2-3,6-9,11,13,15H,1,4-5,10H2. The molecule has 2 heterocycles. The molecule has 2 aromatic rings. The van der Waals surface area contributed by atoms with Crippen LogP contribution in [0, 0.1) is 0 Å². The summed E-state index contributed by atoms with van der Waals surface area (Å²) in [5.41, 5.74) is 0. The third-order valence-electron chi connectivity index (χ3n) is 3.41. The van der Waals surface area contributed by atoms with Crippen molar-refractivity contribution in [3.05, 3.63) is 44.8 Å². The van der Waals surface area contributed by atoms with Crippen LogP contribution in [0.25, 0.3) is 0 Å². The van der Waals surface area contributed by atoms with E-state index in [9.17, 15) is 0 Å². The summed E-state index contributed by atoms with van der Waals surface area (Å²) in [4.78, 5) is 2.96. The maximum absolute atomic E-state index is 3.81. The molecule has 1 saturated carbocycles. The minimum absolute atomic E-state index is 0.513. The summed E-state index contributed by atoms with van der Waals surface area (Å²) in [7, 11) is 0. The van der Waals surface area contributed by atoms with E-state index >= 15 is 0 Å². The van der Waals surface area contributed by atoms with Crippen molar-refractivity contribution < 1.29 is 0 Å². The van der Waals surface area contributed by atoms with Gasteiger partial charge in [0, 0.05) is 28.3 Å². The molecule has 0 spiro atoms. The lowest BCUT2D eigenvalue weighted by atomic mass is 9.92. The van der Waals surface area contributed by atoms with E-state index in [4.69, 9.17) is 0 Å². The van der Waals surface area contributed by atoms with Crippen LogP contribution in [-0.4, -0.2) is 6.04 Å². The Bertz CT molecular complexity index is 429. The second-order valence-corrected chi connectivity index (χ2v) is 6.66. The maximum Gasteiger partial charge on any atom is 0.0465 e. The van der Waals surface area contributed by atoms with Gasteiger partial charge in [-0.25, -0.2) is 0 Å². The van der Waals surface area contributed by atoms with Crippen LogP contribution in [0.3, 0.4) is 0 Å². The molecular weight excluding hydrogens is 246 g/mol. The normalized spacial score (nSPS) is 17.9. The molecule has 1 atom stereocenters. The van der Waals surface area contributed by atoms with Gasteiger partial charge >= 0.3 is 0 Å². The first-order chi connectivity index (χ1) is 8.42. The van der Waals surface area contributed by atoms with Gasteiger partial charge < -0.3 is 5.32 Å². The second-order valence-electron chi connectivity index (χ2n) is 4.65. The number of rotatable bonds is 5. The molecule has 1 fully saturated rings. The highest BCUT2D eigenvalue weighted by Crippen LogP contribution is 2.28. The van der Waals surface area contributed by atoms with Gasteiger partial charge in [-0.05, 0) is 35.7 Å². The quantitative estimate of drug-likeness (QED) is 0.851. The molecule has 0 amide bonds. The van der Waals surface area contributed by atoms with Crippen LogP contribution < -0.4 is 5.32 Å². The van der Waals surface area contributed by atoms with Gasteiger partial charge in [-0.3, -0.25) is 0 Å². The van der Waals surface area contributed by atoms with Crippen molar-refractivity contribution in [2.45, 2.75) is 37.8 Å². The van der Waals surface area contributed by atoms with Crippen LogP contribution in [0.4, 0.5) is 0 Å². The average molecular weight is 263 g/mol. The van der Waals surface area contributed by atoms with E-state index in [2.05, 4.69) is 40.3 Å². The number of hydrogen-bond donors (Lipinski definition) is 1. The summed E-state index contributed by atoms with van der Waals surface area (Å²) in [5, 5.41) is 8.16. The Hall–Kier alpha value is -0.640. The van der Waals surface area contributed by atoms with Crippen LogP contribution in [-0.2, 0) is 6.42 Å². The van der Waals surface area contributed by atoms with Crippen LogP contribution in [0.1, 0.15) is 35.1 Å². The molecule has 3 heteroatoms. The van der Waals surface area contributed by atoms with Gasteiger partial charge in [0.2, 0.25) is 0 Å². The molecule has 1 aliphatic rings. The molecule has 2 aromatic heterocycles. The van der Waals surface area contributed by atoms with Gasteiger partial charge in [-0.1, -0.05) is 18.6 Å². The zero-order valence-corrected chi connectivity index (χ0v) is 11.4. The minimum Gasteiger partial charge on any atom is -0.306 e. The molecular formula is C14H17NS2. The van der Waals surface area contributed by atoms with Crippen molar-refractivity contribution in [2.75, 3.05) is 0 Å². The molecule has 0 radical (unpaired) electrons. The summed E-state index contributed by atoms with van der Waals surface area (Å²) in [6.45, 7) is 0. The van der Waals surface area contributed by atoms with Crippen LogP contribution in [0.2, 0.25) is 0 Å². The Balaban J connectivity index is 1.71. The minimum atomic E-state index is 0.513. The van der Waals surface area contributed by atoms with Gasteiger partial charge in [0.1, 0.15) is 0 Å². The lowest BCUT2D eigenvalue weighted by Gasteiger charge is -2.31. The number of nitrogens with one attached hydrogen (secondary N) is 1. The molecule has 0 saturated heterocycles. The lowest BCUT2D eigenvalue weighted by Crippen LogP contribution is -2.38. The predicted octanol–water partition coefficient (Wildman–Crippen LogP) is 4.24. The smallest absolute Gasteiger partial charge is 0.0465 e. The highest BCUT2D eigenvalue weighted by atomic mass is 32.1. The topological polar surface area (TPSA) is 12.0 Å². The molecule has 1 unspecified atom stereocenters. The molecule has 1 nitrogen and oxygen atoms in total. The average Bonchev–Trinajstić information content (AvgIpc) is 2.93. The molecule has 0 bridgehead atoms. The van der Waals surface area contributed by atoms with E-state index < -0.39 is 0 Å². The Labute approximate surface area is 111 Å². The van der Waals surface area contributed by atoms with Crippen molar-refractivity contribution in [2.24, 2.45) is 0 Å². The van der Waals surface area contributed by atoms with Gasteiger partial charge in [-0.15, -0.1) is 22.7 Å². The SMILES string of the molecule is c1csc(CC(NC2CCC2)c2cccs2)c1. The maximum atomic E-state index is 3.81. The van der Waals surface area contributed by atoms with Gasteiger partial charge in [0.05, 0.1) is 0 Å². The molecule has 0 aromatic carbocycles. The van der Waals surface area contributed by atoms with Crippen LogP contribution in [0.15, 0.2) is 35.0 Å². The zero-order chi connectivity index (χ0) is 11.5. The molecule has 0 aliphatic heterocycles. The van der Waals surface area contributed by atoms with Crippen molar-refractivity contribution in [3.63, 3.8) is 0 Å². The van der Waals surface area contributed by atoms with E-state index in [1.54, 1.807) is 0 Å². The first-order valence-corrected chi connectivity index (χ1v) is 7.99. The Morgan fingerprint density at radius 2 is 2.00 bits per heavy atom. The van der Waals surface area contributed by atoms with E-state index in [0.29, 0.717) is 6.04 Å². The number of hydrogen-bond acceptors (Lipinski definition) is 3.